The first-order chi connectivity index (χ1) is 12.9. The fourth-order valence-corrected chi connectivity index (χ4v) is 3.95. The van der Waals surface area contributed by atoms with Crippen molar-refractivity contribution in [1.29, 1.82) is 5.26 Å². The molecule has 5 heteroatoms. The van der Waals surface area contributed by atoms with Crippen LogP contribution in [0.1, 0.15) is 67.7 Å². The number of nitrogens with zero attached hydrogens (tertiary/aromatic N) is 3. The molecule has 3 aromatic heterocycles. The summed E-state index contributed by atoms with van der Waals surface area (Å²) in [6, 6.07) is 4.43. The van der Waals surface area contributed by atoms with Gasteiger partial charge in [0, 0.05) is 62.1 Å². The van der Waals surface area contributed by atoms with Gasteiger partial charge in [-0.25, -0.2) is 0 Å². The van der Waals surface area contributed by atoms with E-state index in [1.807, 2.05) is 12.4 Å². The number of hydrogen-bond donors (Lipinski definition) is 1. The minimum Gasteiger partial charge on any atom is -0.366 e. The van der Waals surface area contributed by atoms with E-state index in [1.54, 1.807) is 6.20 Å². The number of nitrogens with one attached hydrogen (secondary N) is 1. The van der Waals surface area contributed by atoms with Gasteiger partial charge in [-0.1, -0.05) is 39.3 Å². The lowest BCUT2D eigenvalue weighted by molar-refractivity contribution is 0.582. The molecule has 0 aromatic carbocycles. The lowest BCUT2D eigenvalue weighted by Crippen LogP contribution is -2.06. The van der Waals surface area contributed by atoms with Crippen molar-refractivity contribution in [2.75, 3.05) is 0 Å². The van der Waals surface area contributed by atoms with E-state index >= 15 is 0 Å². The van der Waals surface area contributed by atoms with Gasteiger partial charge in [-0.15, -0.1) is 0 Å². The van der Waals surface area contributed by atoms with Gasteiger partial charge in [0.2, 0.25) is 0 Å². The third kappa shape index (κ3) is 4.31. The smallest absolute Gasteiger partial charge is 0.101 e. The van der Waals surface area contributed by atoms with Crippen LogP contribution in [-0.4, -0.2) is 14.1 Å². The largest absolute Gasteiger partial charge is 0.366 e. The van der Waals surface area contributed by atoms with E-state index in [2.05, 4.69) is 72.5 Å². The van der Waals surface area contributed by atoms with Crippen molar-refractivity contribution in [3.05, 3.63) is 70.5 Å². The van der Waals surface area contributed by atoms with Gasteiger partial charge in [0.15, 0.2) is 0 Å². The Morgan fingerprint density at radius 2 is 1.70 bits per heavy atom. The summed E-state index contributed by atoms with van der Waals surface area (Å²) in [7, 11) is 0. The zero-order chi connectivity index (χ0) is 19.6. The molecule has 142 valence electrons. The molecule has 0 fully saturated rings. The van der Waals surface area contributed by atoms with Crippen LogP contribution in [0.25, 0.3) is 0 Å². The lowest BCUT2D eigenvalue weighted by atomic mass is 10.0. The summed E-state index contributed by atoms with van der Waals surface area (Å²) in [6.07, 6.45) is 12.2. The Hall–Kier alpha value is -2.38. The molecule has 0 radical (unpaired) electrons. The number of aromatic nitrogens is 3. The summed E-state index contributed by atoms with van der Waals surface area (Å²) in [5.41, 5.74) is 4.28. The van der Waals surface area contributed by atoms with Gasteiger partial charge in [-0.3, -0.25) is 0 Å². The number of H-pyrrole nitrogens is 1. The second-order valence-corrected chi connectivity index (χ2v) is 8.20. The van der Waals surface area contributed by atoms with Crippen LogP contribution in [0.5, 0.6) is 0 Å². The fourth-order valence-electron chi connectivity index (χ4n) is 3.59. The van der Waals surface area contributed by atoms with Crippen LogP contribution < -0.4 is 0 Å². The molecule has 0 aliphatic carbocycles. The minimum atomic E-state index is 0.232. The van der Waals surface area contributed by atoms with Crippen LogP contribution in [0, 0.1) is 11.3 Å². The van der Waals surface area contributed by atoms with Crippen molar-refractivity contribution in [2.24, 2.45) is 0 Å². The molecule has 2 atom stereocenters. The van der Waals surface area contributed by atoms with Crippen molar-refractivity contribution in [2.45, 2.75) is 58.5 Å². The van der Waals surface area contributed by atoms with E-state index in [0.29, 0.717) is 17.4 Å². The van der Waals surface area contributed by atoms with E-state index in [4.69, 9.17) is 11.6 Å². The maximum absolute atomic E-state index is 9.22. The van der Waals surface area contributed by atoms with Gasteiger partial charge in [-0.2, -0.15) is 5.26 Å². The normalized spacial score (nSPS) is 13.7. The first kappa shape index (κ1) is 19.4. The topological polar surface area (TPSA) is 49.4 Å². The van der Waals surface area contributed by atoms with Crippen molar-refractivity contribution >= 4 is 11.6 Å². The molecule has 0 aliphatic heterocycles. The monoisotopic (exact) mass is 382 g/mol. The highest BCUT2D eigenvalue weighted by molar-refractivity contribution is 6.31. The highest BCUT2D eigenvalue weighted by atomic mass is 35.5. The van der Waals surface area contributed by atoms with E-state index in [-0.39, 0.29) is 5.92 Å². The maximum Gasteiger partial charge on any atom is 0.101 e. The first-order valence-corrected chi connectivity index (χ1v) is 9.84. The highest BCUT2D eigenvalue weighted by Crippen LogP contribution is 2.29. The second kappa shape index (κ2) is 8.10. The quantitative estimate of drug-likeness (QED) is 0.545. The molecular weight excluding hydrogens is 356 g/mol. The zero-order valence-electron chi connectivity index (χ0n) is 16.4. The molecule has 0 aliphatic rings. The summed E-state index contributed by atoms with van der Waals surface area (Å²) in [6.45, 7) is 10.5. The lowest BCUT2D eigenvalue weighted by Gasteiger charge is -2.13. The third-order valence-electron chi connectivity index (χ3n) is 5.23. The summed E-state index contributed by atoms with van der Waals surface area (Å²) < 4.78 is 4.39. The molecule has 0 amide bonds. The van der Waals surface area contributed by atoms with Crippen LogP contribution >= 0.6 is 11.6 Å². The molecule has 0 spiro atoms. The van der Waals surface area contributed by atoms with Crippen LogP contribution in [0.3, 0.4) is 0 Å². The molecule has 3 aromatic rings. The van der Waals surface area contributed by atoms with Crippen LogP contribution in [-0.2, 0) is 13.1 Å². The number of rotatable bonds is 7. The summed E-state index contributed by atoms with van der Waals surface area (Å²) in [4.78, 5) is 3.03. The van der Waals surface area contributed by atoms with E-state index in [1.165, 1.54) is 11.1 Å². The van der Waals surface area contributed by atoms with Crippen molar-refractivity contribution in [3.63, 3.8) is 0 Å². The average Bonchev–Trinajstić information content (AvgIpc) is 3.33. The Balaban J connectivity index is 1.70. The number of nitriles is 1. The van der Waals surface area contributed by atoms with Gasteiger partial charge in [-0.05, 0) is 28.7 Å². The molecule has 3 heterocycles. The van der Waals surface area contributed by atoms with Crippen LogP contribution in [0.4, 0.5) is 0 Å². The van der Waals surface area contributed by atoms with Gasteiger partial charge in [0.25, 0.3) is 0 Å². The zero-order valence-corrected chi connectivity index (χ0v) is 17.2. The molecule has 3 rings (SSSR count). The van der Waals surface area contributed by atoms with Gasteiger partial charge in [0.1, 0.15) is 6.07 Å². The van der Waals surface area contributed by atoms with E-state index < -0.39 is 0 Å². The van der Waals surface area contributed by atoms with Gasteiger partial charge < -0.3 is 14.1 Å². The Morgan fingerprint density at radius 1 is 1.00 bits per heavy atom. The number of halogens is 1. The van der Waals surface area contributed by atoms with Gasteiger partial charge >= 0.3 is 0 Å². The van der Waals surface area contributed by atoms with Crippen molar-refractivity contribution < 1.29 is 0 Å². The minimum absolute atomic E-state index is 0.232. The molecule has 27 heavy (non-hydrogen) atoms. The molecule has 4 nitrogen and oxygen atoms in total. The average molecular weight is 383 g/mol. The SMILES string of the molecule is CC(C)c1ccn(CC(C)c2cn(CC(C)c3c[nH]cc3C#N)cc2Cl)c1. The number of hydrogen-bond acceptors (Lipinski definition) is 1. The Bertz CT molecular complexity index is 938. The molecule has 0 saturated carbocycles. The summed E-state index contributed by atoms with van der Waals surface area (Å²) >= 11 is 6.54. The Labute approximate surface area is 166 Å². The predicted molar refractivity (Wildman–Crippen MR) is 110 cm³/mol. The number of aromatic amines is 1. The molecule has 2 unspecified atom stereocenters. The van der Waals surface area contributed by atoms with E-state index in [9.17, 15) is 5.26 Å². The predicted octanol–water partition coefficient (Wildman–Crippen LogP) is 5.87. The summed E-state index contributed by atoms with van der Waals surface area (Å²) in [5, 5.41) is 10.0. The second-order valence-electron chi connectivity index (χ2n) is 7.79. The van der Waals surface area contributed by atoms with Crippen LogP contribution in [0.15, 0.2) is 43.2 Å². The maximum atomic E-state index is 9.22. The molecular formula is C22H27ClN4. The summed E-state index contributed by atoms with van der Waals surface area (Å²) in [5.74, 6) is 1.10. The highest BCUT2D eigenvalue weighted by Gasteiger charge is 2.17. The van der Waals surface area contributed by atoms with Crippen LogP contribution in [0.2, 0.25) is 5.02 Å². The fraction of sp³-hybridized carbons (Fsp3) is 0.409. The molecule has 0 bridgehead atoms. The van der Waals surface area contributed by atoms with E-state index in [0.717, 1.165) is 23.7 Å². The first-order valence-electron chi connectivity index (χ1n) is 9.46. The molecule has 1 N–H and O–H groups in total. The molecule has 0 saturated heterocycles. The Morgan fingerprint density at radius 3 is 2.37 bits per heavy atom. The van der Waals surface area contributed by atoms with Gasteiger partial charge in [0.05, 0.1) is 10.6 Å². The van der Waals surface area contributed by atoms with Crippen molar-refractivity contribution in [3.8, 4) is 6.07 Å². The Kier molecular flexibility index (Phi) is 5.82. The standard InChI is InChI=1S/C22H27ClN4/c1-15(2)18-5-6-26(12-18)10-17(4)21-13-27(14-22(21)23)11-16(3)20-9-25-8-19(20)7-24/h5-6,8-9,12-17,25H,10-11H2,1-4H3. The third-order valence-corrected chi connectivity index (χ3v) is 5.54. The van der Waals surface area contributed by atoms with Crippen molar-refractivity contribution in [1.82, 2.24) is 14.1 Å².